The summed E-state index contributed by atoms with van der Waals surface area (Å²) in [5.41, 5.74) is 3.63. The molecule has 1 atom stereocenters. The number of amides is 2. The van der Waals surface area contributed by atoms with Gasteiger partial charge in [-0.25, -0.2) is 4.98 Å². The van der Waals surface area contributed by atoms with Gasteiger partial charge in [0.2, 0.25) is 11.8 Å². The van der Waals surface area contributed by atoms with Crippen molar-refractivity contribution in [1.29, 1.82) is 0 Å². The van der Waals surface area contributed by atoms with Crippen LogP contribution in [0.15, 0.2) is 53.7 Å². The van der Waals surface area contributed by atoms with Crippen molar-refractivity contribution in [2.75, 3.05) is 10.7 Å². The number of aromatic nitrogens is 2. The van der Waals surface area contributed by atoms with Gasteiger partial charge in [-0.3, -0.25) is 9.59 Å². The molecule has 4 rings (SSSR count). The van der Waals surface area contributed by atoms with Crippen molar-refractivity contribution in [3.05, 3.63) is 54.1 Å². The molecule has 1 unspecified atom stereocenters. The van der Waals surface area contributed by atoms with Crippen molar-refractivity contribution in [3.63, 3.8) is 0 Å². The number of nitrogens with zero attached hydrogens (tertiary/aromatic N) is 3. The molecule has 1 aliphatic heterocycles. The molecule has 2 aromatic carbocycles. The highest BCUT2D eigenvalue weighted by Crippen LogP contribution is 2.33. The number of benzene rings is 2. The van der Waals surface area contributed by atoms with E-state index in [2.05, 4.69) is 18.3 Å². The zero-order valence-corrected chi connectivity index (χ0v) is 19.2. The molecule has 0 fully saturated rings. The molecule has 0 saturated carbocycles. The maximum Gasteiger partial charge on any atom is 0.247 e. The molecular weight excluding hydrogens is 408 g/mol. The summed E-state index contributed by atoms with van der Waals surface area (Å²) in [5, 5.41) is 3.65. The van der Waals surface area contributed by atoms with Crippen LogP contribution in [0.5, 0.6) is 0 Å². The number of hydrogen-bond acceptors (Lipinski definition) is 4. The number of thioether (sulfide) groups is 1. The van der Waals surface area contributed by atoms with Crippen LogP contribution in [0.2, 0.25) is 0 Å². The van der Waals surface area contributed by atoms with Gasteiger partial charge in [-0.05, 0) is 57.9 Å². The predicted molar refractivity (Wildman–Crippen MR) is 125 cm³/mol. The molecule has 1 aliphatic rings. The summed E-state index contributed by atoms with van der Waals surface area (Å²) in [6, 6.07) is 16.0. The molecule has 0 aliphatic carbocycles. The minimum Gasteiger partial charge on any atom is -0.351 e. The van der Waals surface area contributed by atoms with Crippen molar-refractivity contribution >= 4 is 40.3 Å². The molecular formula is C24H28N4O2S. The molecule has 6 nitrogen and oxygen atoms in total. The molecule has 1 aromatic heterocycles. The smallest absolute Gasteiger partial charge is 0.247 e. The standard InChI is InChI=1S/C24H28N4O2S/c1-16-13-17-9-5-7-11-19(17)28(16)22(30)14-27-20-12-8-6-10-18(20)25-23(27)31-15-21(29)26-24(2,3)4/h5-12,16H,13-15H2,1-4H3,(H,26,29). The SMILES string of the molecule is CC1Cc2ccccc2N1C(=O)Cn1c(SCC(=O)NC(C)(C)C)nc2ccccc21. The first-order chi connectivity index (χ1) is 14.7. The number of imidazole rings is 1. The van der Waals surface area contributed by atoms with Crippen LogP contribution in [0.3, 0.4) is 0 Å². The summed E-state index contributed by atoms with van der Waals surface area (Å²) < 4.78 is 1.93. The van der Waals surface area contributed by atoms with Crippen LogP contribution in [0.1, 0.15) is 33.3 Å². The van der Waals surface area contributed by atoms with Crippen LogP contribution >= 0.6 is 11.8 Å². The van der Waals surface area contributed by atoms with Gasteiger partial charge in [-0.2, -0.15) is 0 Å². The molecule has 0 radical (unpaired) electrons. The third-order valence-electron chi connectivity index (χ3n) is 5.24. The van der Waals surface area contributed by atoms with Crippen molar-refractivity contribution in [2.24, 2.45) is 0 Å². The fourth-order valence-electron chi connectivity index (χ4n) is 4.06. The molecule has 162 valence electrons. The van der Waals surface area contributed by atoms with E-state index in [4.69, 9.17) is 4.98 Å². The number of rotatable bonds is 5. The third kappa shape index (κ3) is 4.61. The number of carbonyl (C=O) groups is 2. The predicted octanol–water partition coefficient (Wildman–Crippen LogP) is 4.02. The van der Waals surface area contributed by atoms with Crippen molar-refractivity contribution < 1.29 is 9.59 Å². The second-order valence-corrected chi connectivity index (χ2v) is 9.94. The van der Waals surface area contributed by atoms with E-state index in [9.17, 15) is 9.59 Å². The average Bonchev–Trinajstić information content (AvgIpc) is 3.22. The normalized spacial score (nSPS) is 15.9. The van der Waals surface area contributed by atoms with Gasteiger partial charge in [0.15, 0.2) is 5.16 Å². The summed E-state index contributed by atoms with van der Waals surface area (Å²) in [5.74, 6) is 0.226. The van der Waals surface area contributed by atoms with E-state index in [-0.39, 0.29) is 35.7 Å². The highest BCUT2D eigenvalue weighted by molar-refractivity contribution is 7.99. The summed E-state index contributed by atoms with van der Waals surface area (Å²) >= 11 is 1.36. The Morgan fingerprint density at radius 2 is 1.84 bits per heavy atom. The monoisotopic (exact) mass is 436 g/mol. The van der Waals surface area contributed by atoms with Gasteiger partial charge in [0.05, 0.1) is 16.8 Å². The maximum absolute atomic E-state index is 13.4. The Kier molecular flexibility index (Phi) is 5.79. The zero-order valence-electron chi connectivity index (χ0n) is 18.4. The minimum absolute atomic E-state index is 0.0293. The van der Waals surface area contributed by atoms with Gasteiger partial charge in [-0.15, -0.1) is 0 Å². The van der Waals surface area contributed by atoms with Crippen LogP contribution in [-0.2, 0) is 22.6 Å². The van der Waals surface area contributed by atoms with Crippen LogP contribution < -0.4 is 10.2 Å². The topological polar surface area (TPSA) is 67.2 Å². The fraction of sp³-hybridized carbons (Fsp3) is 0.375. The molecule has 1 N–H and O–H groups in total. The molecule has 0 bridgehead atoms. The third-order valence-corrected chi connectivity index (χ3v) is 6.21. The lowest BCUT2D eigenvalue weighted by Gasteiger charge is -2.23. The molecule has 31 heavy (non-hydrogen) atoms. The quantitative estimate of drug-likeness (QED) is 0.614. The first kappa shape index (κ1) is 21.4. The van der Waals surface area contributed by atoms with Gasteiger partial charge in [0.1, 0.15) is 6.54 Å². The van der Waals surface area contributed by atoms with Crippen LogP contribution in [0.4, 0.5) is 5.69 Å². The highest BCUT2D eigenvalue weighted by atomic mass is 32.2. The van der Waals surface area contributed by atoms with E-state index in [1.54, 1.807) is 0 Å². The lowest BCUT2D eigenvalue weighted by Crippen LogP contribution is -2.41. The van der Waals surface area contributed by atoms with Gasteiger partial charge in [0.25, 0.3) is 0 Å². The van der Waals surface area contributed by atoms with Crippen LogP contribution in [0, 0.1) is 0 Å². The Hall–Kier alpha value is -2.80. The van der Waals surface area contributed by atoms with Crippen molar-refractivity contribution in [2.45, 2.75) is 57.4 Å². The minimum atomic E-state index is -0.285. The Morgan fingerprint density at radius 1 is 1.13 bits per heavy atom. The summed E-state index contributed by atoms with van der Waals surface area (Å²) in [6.45, 7) is 8.13. The number of carbonyl (C=O) groups excluding carboxylic acids is 2. The first-order valence-electron chi connectivity index (χ1n) is 10.5. The molecule has 0 saturated heterocycles. The first-order valence-corrected chi connectivity index (χ1v) is 11.5. The Morgan fingerprint density at radius 3 is 2.61 bits per heavy atom. The molecule has 2 heterocycles. The summed E-state index contributed by atoms with van der Waals surface area (Å²) in [7, 11) is 0. The number of nitrogens with one attached hydrogen (secondary N) is 1. The van der Waals surface area contributed by atoms with E-state index in [1.165, 1.54) is 17.3 Å². The van der Waals surface area contributed by atoms with Gasteiger partial charge < -0.3 is 14.8 Å². The number of para-hydroxylation sites is 3. The molecule has 2 amide bonds. The zero-order chi connectivity index (χ0) is 22.2. The lowest BCUT2D eigenvalue weighted by atomic mass is 10.1. The van der Waals surface area contributed by atoms with E-state index < -0.39 is 0 Å². The number of fused-ring (bicyclic) bond motifs is 2. The van der Waals surface area contributed by atoms with E-state index in [1.807, 2.05) is 72.7 Å². The summed E-state index contributed by atoms with van der Waals surface area (Å²) in [6.07, 6.45) is 0.862. The van der Waals surface area contributed by atoms with E-state index in [0.717, 1.165) is 23.1 Å². The molecule has 7 heteroatoms. The van der Waals surface area contributed by atoms with Crippen LogP contribution in [-0.4, -0.2) is 38.7 Å². The lowest BCUT2D eigenvalue weighted by molar-refractivity contribution is -0.120. The van der Waals surface area contributed by atoms with Gasteiger partial charge in [-0.1, -0.05) is 42.1 Å². The second-order valence-electron chi connectivity index (χ2n) is 9.00. The molecule has 3 aromatic rings. The van der Waals surface area contributed by atoms with E-state index in [0.29, 0.717) is 5.16 Å². The highest BCUT2D eigenvalue weighted by Gasteiger charge is 2.31. The molecule has 0 spiro atoms. The van der Waals surface area contributed by atoms with E-state index >= 15 is 0 Å². The van der Waals surface area contributed by atoms with Gasteiger partial charge in [0, 0.05) is 17.3 Å². The number of hydrogen-bond donors (Lipinski definition) is 1. The summed E-state index contributed by atoms with van der Waals surface area (Å²) in [4.78, 5) is 32.3. The average molecular weight is 437 g/mol. The Bertz CT molecular complexity index is 1130. The number of anilines is 1. The Labute approximate surface area is 187 Å². The largest absolute Gasteiger partial charge is 0.351 e. The van der Waals surface area contributed by atoms with Gasteiger partial charge >= 0.3 is 0 Å². The van der Waals surface area contributed by atoms with Crippen LogP contribution in [0.25, 0.3) is 11.0 Å². The fourth-order valence-corrected chi connectivity index (χ4v) is 4.87. The Balaban J connectivity index is 1.59. The maximum atomic E-state index is 13.4. The van der Waals surface area contributed by atoms with Crippen molar-refractivity contribution in [3.8, 4) is 0 Å². The van der Waals surface area contributed by atoms with Crippen molar-refractivity contribution in [1.82, 2.24) is 14.9 Å². The second kappa shape index (κ2) is 8.38.